The molecular formula is C16H22FeN2O4. The van der Waals surface area contributed by atoms with E-state index >= 15 is 0 Å². The van der Waals surface area contributed by atoms with Crippen molar-refractivity contribution in [3.63, 3.8) is 0 Å². The van der Waals surface area contributed by atoms with E-state index in [1.807, 2.05) is 11.5 Å². The van der Waals surface area contributed by atoms with Crippen LogP contribution in [0.3, 0.4) is 0 Å². The Bertz CT molecular complexity index is 710. The van der Waals surface area contributed by atoms with E-state index in [1.54, 1.807) is 18.5 Å². The molecule has 0 aliphatic carbocycles. The molecule has 0 saturated carbocycles. The van der Waals surface area contributed by atoms with Gasteiger partial charge in [0.05, 0.1) is 0 Å². The Morgan fingerprint density at radius 1 is 1.04 bits per heavy atom. The standard InChI is InChI=1S/C9H13NO2.C7H9NO2.Fe/c1-2-3-5-10-6-4-8(11)9(12)7-10;1-2-8-5-3-4-6(9)7(8)10;/h4,6-7,12H,2-3,5H2,1H3;3-5,9H,2H2,1H3;. The van der Waals surface area contributed by atoms with E-state index < -0.39 is 0 Å². The Kier molecular flexibility index (Phi) is 9.78. The smallest absolute Gasteiger partial charge is 0.292 e. The second kappa shape index (κ2) is 10.7. The van der Waals surface area contributed by atoms with Gasteiger partial charge in [0.2, 0.25) is 5.43 Å². The van der Waals surface area contributed by atoms with Crippen LogP contribution in [0.1, 0.15) is 26.7 Å². The Balaban J connectivity index is 0.000000409. The van der Waals surface area contributed by atoms with Gasteiger partial charge in [-0.25, -0.2) is 0 Å². The minimum absolute atomic E-state index is 0. The van der Waals surface area contributed by atoms with Gasteiger partial charge in [-0.05, 0) is 25.5 Å². The van der Waals surface area contributed by atoms with E-state index in [0.29, 0.717) is 6.54 Å². The van der Waals surface area contributed by atoms with Gasteiger partial charge in [0.1, 0.15) is 0 Å². The van der Waals surface area contributed by atoms with Crippen molar-refractivity contribution < 1.29 is 27.3 Å². The molecule has 0 aliphatic heterocycles. The quantitative estimate of drug-likeness (QED) is 0.814. The number of nitrogens with zero attached hydrogens (tertiary/aromatic N) is 2. The number of aromatic hydroxyl groups is 2. The summed E-state index contributed by atoms with van der Waals surface area (Å²) in [5, 5.41) is 18.0. The first-order valence-electron chi connectivity index (χ1n) is 7.27. The van der Waals surface area contributed by atoms with Crippen molar-refractivity contribution in [1.82, 2.24) is 9.13 Å². The summed E-state index contributed by atoms with van der Waals surface area (Å²) >= 11 is 0. The van der Waals surface area contributed by atoms with Crippen LogP contribution in [0, 0.1) is 0 Å². The third-order valence-corrected chi connectivity index (χ3v) is 3.07. The average Bonchev–Trinajstić information content (AvgIpc) is 2.52. The van der Waals surface area contributed by atoms with Gasteiger partial charge in [0, 0.05) is 54.8 Å². The zero-order valence-corrected chi connectivity index (χ0v) is 14.4. The summed E-state index contributed by atoms with van der Waals surface area (Å²) in [4.78, 5) is 21.7. The van der Waals surface area contributed by atoms with Gasteiger partial charge in [-0.15, -0.1) is 0 Å². The van der Waals surface area contributed by atoms with Crippen LogP contribution in [-0.2, 0) is 30.2 Å². The third-order valence-electron chi connectivity index (χ3n) is 3.07. The summed E-state index contributed by atoms with van der Waals surface area (Å²) in [6.45, 7) is 5.39. The molecule has 128 valence electrons. The Morgan fingerprint density at radius 3 is 2.26 bits per heavy atom. The number of pyridine rings is 2. The molecule has 0 amide bonds. The molecule has 2 aromatic rings. The van der Waals surface area contributed by atoms with Crippen molar-refractivity contribution in [1.29, 1.82) is 0 Å². The maximum Gasteiger partial charge on any atom is 0.292 e. The van der Waals surface area contributed by atoms with Crippen LogP contribution in [0.2, 0.25) is 0 Å². The topological polar surface area (TPSA) is 84.5 Å². The maximum absolute atomic E-state index is 10.9. The Morgan fingerprint density at radius 2 is 1.74 bits per heavy atom. The van der Waals surface area contributed by atoms with Gasteiger partial charge in [0.25, 0.3) is 5.56 Å². The second-order valence-electron chi connectivity index (χ2n) is 4.77. The summed E-state index contributed by atoms with van der Waals surface area (Å²) in [7, 11) is 0. The van der Waals surface area contributed by atoms with Gasteiger partial charge in [-0.2, -0.15) is 0 Å². The third kappa shape index (κ3) is 6.76. The molecule has 6 nitrogen and oxygen atoms in total. The largest absolute Gasteiger partial charge is 0.503 e. The van der Waals surface area contributed by atoms with E-state index in [0.717, 1.165) is 19.4 Å². The summed E-state index contributed by atoms with van der Waals surface area (Å²) in [5.74, 6) is -0.363. The van der Waals surface area contributed by atoms with Crippen LogP contribution in [-0.4, -0.2) is 19.3 Å². The van der Waals surface area contributed by atoms with Crippen molar-refractivity contribution in [2.24, 2.45) is 0 Å². The Labute approximate surface area is 145 Å². The molecule has 0 radical (unpaired) electrons. The van der Waals surface area contributed by atoms with E-state index in [9.17, 15) is 9.59 Å². The number of aromatic nitrogens is 2. The molecule has 0 atom stereocenters. The van der Waals surface area contributed by atoms with Crippen LogP contribution in [0.4, 0.5) is 0 Å². The maximum atomic E-state index is 10.9. The molecule has 0 bridgehead atoms. The van der Waals surface area contributed by atoms with Crippen LogP contribution >= 0.6 is 0 Å². The summed E-state index contributed by atoms with van der Waals surface area (Å²) < 4.78 is 3.26. The molecule has 0 saturated heterocycles. The minimum Gasteiger partial charge on any atom is -0.503 e. The molecule has 2 rings (SSSR count). The number of unbranched alkanes of at least 4 members (excludes halogenated alkanes) is 1. The van der Waals surface area contributed by atoms with Crippen LogP contribution < -0.4 is 11.0 Å². The van der Waals surface area contributed by atoms with Crippen molar-refractivity contribution in [3.05, 3.63) is 57.4 Å². The fourth-order valence-corrected chi connectivity index (χ4v) is 1.77. The monoisotopic (exact) mass is 362 g/mol. The number of aryl methyl sites for hydroxylation is 2. The van der Waals surface area contributed by atoms with Gasteiger partial charge < -0.3 is 19.3 Å². The van der Waals surface area contributed by atoms with Gasteiger partial charge in [0.15, 0.2) is 11.5 Å². The van der Waals surface area contributed by atoms with Crippen molar-refractivity contribution >= 4 is 0 Å². The van der Waals surface area contributed by atoms with Crippen molar-refractivity contribution in [2.75, 3.05) is 0 Å². The number of rotatable bonds is 4. The fraction of sp³-hybridized carbons (Fsp3) is 0.375. The van der Waals surface area contributed by atoms with Crippen LogP contribution in [0.15, 0.2) is 46.4 Å². The van der Waals surface area contributed by atoms with Crippen LogP contribution in [0.5, 0.6) is 11.5 Å². The second-order valence-corrected chi connectivity index (χ2v) is 4.77. The number of hydrogen-bond donors (Lipinski definition) is 2. The van der Waals surface area contributed by atoms with E-state index in [1.165, 1.54) is 22.9 Å². The van der Waals surface area contributed by atoms with Crippen molar-refractivity contribution in [2.45, 2.75) is 39.8 Å². The first-order valence-corrected chi connectivity index (χ1v) is 7.27. The first kappa shape index (κ1) is 21.0. The minimum atomic E-state index is -0.329. The van der Waals surface area contributed by atoms with E-state index in [4.69, 9.17) is 10.2 Å². The summed E-state index contributed by atoms with van der Waals surface area (Å²) in [6, 6.07) is 4.40. The number of hydrogen-bond acceptors (Lipinski definition) is 4. The summed E-state index contributed by atoms with van der Waals surface area (Å²) in [6.07, 6.45) is 6.97. The molecular weight excluding hydrogens is 340 g/mol. The molecule has 0 unspecified atom stereocenters. The summed E-state index contributed by atoms with van der Waals surface area (Å²) in [5.41, 5.74) is -0.646. The Hall–Kier alpha value is -1.98. The van der Waals surface area contributed by atoms with E-state index in [-0.39, 0.29) is 39.6 Å². The molecule has 2 heterocycles. The molecule has 0 fully saturated rings. The molecule has 2 aromatic heterocycles. The molecule has 0 aliphatic rings. The SMILES string of the molecule is CCCCn1ccc(=O)c(O)c1.CCn1cccc(O)c1=O.[Fe]. The molecule has 23 heavy (non-hydrogen) atoms. The van der Waals surface area contributed by atoms with Crippen LogP contribution in [0.25, 0.3) is 0 Å². The molecule has 7 heteroatoms. The van der Waals surface area contributed by atoms with Gasteiger partial charge in [-0.3, -0.25) is 9.59 Å². The van der Waals surface area contributed by atoms with Crippen molar-refractivity contribution in [3.8, 4) is 11.5 Å². The zero-order chi connectivity index (χ0) is 16.5. The predicted octanol–water partition coefficient (Wildman–Crippen LogP) is 1.93. The first-order chi connectivity index (χ1) is 10.5. The normalized spacial score (nSPS) is 9.48. The molecule has 0 aromatic carbocycles. The van der Waals surface area contributed by atoms with Gasteiger partial charge >= 0.3 is 0 Å². The predicted molar refractivity (Wildman–Crippen MR) is 85.3 cm³/mol. The zero-order valence-electron chi connectivity index (χ0n) is 13.3. The molecule has 2 N–H and O–H groups in total. The average molecular weight is 362 g/mol. The molecule has 0 spiro atoms. The van der Waals surface area contributed by atoms with Gasteiger partial charge in [-0.1, -0.05) is 13.3 Å². The fourth-order valence-electron chi connectivity index (χ4n) is 1.77. The van der Waals surface area contributed by atoms with E-state index in [2.05, 4.69) is 6.92 Å².